The van der Waals surface area contributed by atoms with Crippen LogP contribution in [-0.4, -0.2) is 45.5 Å². The fraction of sp³-hybridized carbons (Fsp3) is 0.647. The summed E-state index contributed by atoms with van der Waals surface area (Å²) in [5.41, 5.74) is -0.155. The van der Waals surface area contributed by atoms with Crippen LogP contribution in [-0.2, 0) is 0 Å². The lowest BCUT2D eigenvalue weighted by atomic mass is 10.3. The van der Waals surface area contributed by atoms with Crippen molar-refractivity contribution in [2.75, 3.05) is 36.0 Å². The van der Waals surface area contributed by atoms with Gasteiger partial charge in [0, 0.05) is 55.6 Å². The van der Waals surface area contributed by atoms with Gasteiger partial charge in [0.2, 0.25) is 5.13 Å². The number of anilines is 2. The molecule has 138 valence electrons. The van der Waals surface area contributed by atoms with Crippen molar-refractivity contribution in [3.63, 3.8) is 0 Å². The first-order chi connectivity index (χ1) is 12.7. The van der Waals surface area contributed by atoms with E-state index in [9.17, 15) is 8.78 Å². The highest BCUT2D eigenvalue weighted by molar-refractivity contribution is 7.09. The zero-order chi connectivity index (χ0) is 17.7. The summed E-state index contributed by atoms with van der Waals surface area (Å²) in [5, 5.41) is 0.973. The molecule has 1 saturated heterocycles. The molecule has 9 heteroatoms. The summed E-state index contributed by atoms with van der Waals surface area (Å²) in [5.74, 6) is 3.02. The lowest BCUT2D eigenvalue weighted by molar-refractivity contribution is 0.145. The average molecular weight is 378 g/mol. The lowest BCUT2D eigenvalue weighted by Gasteiger charge is -2.35. The van der Waals surface area contributed by atoms with E-state index in [1.54, 1.807) is 0 Å². The highest BCUT2D eigenvalue weighted by Crippen LogP contribution is 2.40. The molecule has 1 aliphatic heterocycles. The third kappa shape index (κ3) is 3.24. The van der Waals surface area contributed by atoms with Crippen molar-refractivity contribution in [2.45, 2.75) is 43.9 Å². The number of piperazine rings is 1. The molecule has 3 heterocycles. The first-order valence-corrected chi connectivity index (χ1v) is 9.95. The Labute approximate surface area is 154 Å². The minimum atomic E-state index is -2.56. The SMILES string of the molecule is FC(F)c1cc(N2CCN(c3nc(C4CC4)ns3)CC2)nc(C2CC2)n1. The van der Waals surface area contributed by atoms with Gasteiger partial charge in [-0.15, -0.1) is 0 Å². The van der Waals surface area contributed by atoms with Crippen LogP contribution in [0.2, 0.25) is 0 Å². The minimum absolute atomic E-state index is 0.155. The lowest BCUT2D eigenvalue weighted by Crippen LogP contribution is -2.47. The van der Waals surface area contributed by atoms with E-state index in [1.165, 1.54) is 30.4 Å². The van der Waals surface area contributed by atoms with Crippen LogP contribution >= 0.6 is 11.5 Å². The molecule has 0 atom stereocenters. The van der Waals surface area contributed by atoms with E-state index < -0.39 is 6.43 Å². The van der Waals surface area contributed by atoms with E-state index in [2.05, 4.69) is 29.1 Å². The maximum Gasteiger partial charge on any atom is 0.280 e. The monoisotopic (exact) mass is 378 g/mol. The van der Waals surface area contributed by atoms with Gasteiger partial charge in [0.15, 0.2) is 0 Å². The van der Waals surface area contributed by atoms with E-state index >= 15 is 0 Å². The molecular weight excluding hydrogens is 358 g/mol. The number of alkyl halides is 2. The van der Waals surface area contributed by atoms with Crippen molar-refractivity contribution >= 4 is 22.5 Å². The number of hydrogen-bond acceptors (Lipinski definition) is 7. The van der Waals surface area contributed by atoms with Crippen molar-refractivity contribution in [2.24, 2.45) is 0 Å². The van der Waals surface area contributed by atoms with Crippen molar-refractivity contribution in [3.8, 4) is 0 Å². The van der Waals surface area contributed by atoms with E-state index in [0.717, 1.165) is 50.0 Å². The zero-order valence-corrected chi connectivity index (χ0v) is 15.1. The van der Waals surface area contributed by atoms with Crippen LogP contribution in [0.25, 0.3) is 0 Å². The molecule has 3 fully saturated rings. The Morgan fingerprint density at radius 1 is 0.885 bits per heavy atom. The first kappa shape index (κ1) is 16.3. The summed E-state index contributed by atoms with van der Waals surface area (Å²) in [7, 11) is 0. The van der Waals surface area contributed by atoms with Crippen molar-refractivity contribution in [1.82, 2.24) is 19.3 Å². The molecule has 0 unspecified atom stereocenters. The fourth-order valence-corrected chi connectivity index (χ4v) is 4.06. The second kappa shape index (κ2) is 6.37. The third-order valence-corrected chi connectivity index (χ3v) is 5.95. The van der Waals surface area contributed by atoms with Gasteiger partial charge >= 0.3 is 0 Å². The highest BCUT2D eigenvalue weighted by Gasteiger charge is 2.31. The van der Waals surface area contributed by atoms with Crippen molar-refractivity contribution in [3.05, 3.63) is 23.4 Å². The molecule has 26 heavy (non-hydrogen) atoms. The van der Waals surface area contributed by atoms with Crippen LogP contribution in [0.3, 0.4) is 0 Å². The van der Waals surface area contributed by atoms with Gasteiger partial charge in [-0.3, -0.25) is 0 Å². The first-order valence-electron chi connectivity index (χ1n) is 9.18. The van der Waals surface area contributed by atoms with Crippen molar-refractivity contribution in [1.29, 1.82) is 0 Å². The maximum atomic E-state index is 13.2. The van der Waals surface area contributed by atoms with Crippen LogP contribution < -0.4 is 9.80 Å². The Bertz CT molecular complexity index is 776. The number of hydrogen-bond donors (Lipinski definition) is 0. The van der Waals surface area contributed by atoms with E-state index in [1.807, 2.05) is 0 Å². The summed E-state index contributed by atoms with van der Waals surface area (Å²) in [6.45, 7) is 3.07. The predicted octanol–water partition coefficient (Wildman–Crippen LogP) is 3.35. The smallest absolute Gasteiger partial charge is 0.280 e. The Balaban J connectivity index is 1.29. The molecule has 0 amide bonds. The molecule has 5 rings (SSSR count). The number of nitrogens with zero attached hydrogens (tertiary/aromatic N) is 6. The molecule has 0 bridgehead atoms. The van der Waals surface area contributed by atoms with Gasteiger partial charge in [0.25, 0.3) is 6.43 Å². The van der Waals surface area contributed by atoms with Gasteiger partial charge < -0.3 is 9.80 Å². The van der Waals surface area contributed by atoms with Gasteiger partial charge in [-0.2, -0.15) is 4.37 Å². The molecular formula is C17H20F2N6S. The largest absolute Gasteiger partial charge is 0.353 e. The molecule has 0 radical (unpaired) electrons. The van der Waals surface area contributed by atoms with Crippen LogP contribution in [0.1, 0.15) is 61.3 Å². The Hall–Kier alpha value is -1.90. The molecule has 2 saturated carbocycles. The summed E-state index contributed by atoms with van der Waals surface area (Å²) in [4.78, 5) is 17.6. The Kier molecular flexibility index (Phi) is 3.99. The molecule has 0 spiro atoms. The Morgan fingerprint density at radius 3 is 2.19 bits per heavy atom. The second-order valence-corrected chi connectivity index (χ2v) is 8.00. The topological polar surface area (TPSA) is 58.0 Å². The molecule has 2 aromatic heterocycles. The highest BCUT2D eigenvalue weighted by atomic mass is 32.1. The van der Waals surface area contributed by atoms with E-state index in [-0.39, 0.29) is 11.6 Å². The number of halogens is 2. The Morgan fingerprint density at radius 2 is 1.54 bits per heavy atom. The average Bonchev–Trinajstić information content (AvgIpc) is 3.60. The molecule has 0 aromatic carbocycles. The molecule has 2 aromatic rings. The van der Waals surface area contributed by atoms with Gasteiger partial charge in [0.05, 0.1) is 0 Å². The minimum Gasteiger partial charge on any atom is -0.353 e. The third-order valence-electron chi connectivity index (χ3n) is 5.16. The summed E-state index contributed by atoms with van der Waals surface area (Å²) < 4.78 is 30.9. The molecule has 0 N–H and O–H groups in total. The summed E-state index contributed by atoms with van der Waals surface area (Å²) >= 11 is 1.46. The standard InChI is InChI=1S/C17H20F2N6S/c18-14(19)12-9-13(21-15(20-12)10-1-2-10)24-5-7-25(8-6-24)17-22-16(23-26-17)11-3-4-11/h9-11,14H,1-8H2. The molecule has 2 aliphatic carbocycles. The predicted molar refractivity (Wildman–Crippen MR) is 95.3 cm³/mol. The number of aromatic nitrogens is 4. The van der Waals surface area contributed by atoms with Gasteiger partial charge in [-0.05, 0) is 25.7 Å². The van der Waals surface area contributed by atoms with Crippen LogP contribution in [0.15, 0.2) is 6.07 Å². The van der Waals surface area contributed by atoms with Gasteiger partial charge in [-0.25, -0.2) is 23.7 Å². The normalized spacial score (nSPS) is 20.9. The van der Waals surface area contributed by atoms with E-state index in [4.69, 9.17) is 0 Å². The van der Waals surface area contributed by atoms with E-state index in [0.29, 0.717) is 17.6 Å². The molecule has 3 aliphatic rings. The molecule has 6 nitrogen and oxygen atoms in total. The van der Waals surface area contributed by atoms with Gasteiger partial charge in [-0.1, -0.05) is 0 Å². The second-order valence-electron chi connectivity index (χ2n) is 7.27. The number of rotatable bonds is 5. The maximum absolute atomic E-state index is 13.2. The fourth-order valence-electron chi connectivity index (χ4n) is 3.26. The quantitative estimate of drug-likeness (QED) is 0.795. The summed E-state index contributed by atoms with van der Waals surface area (Å²) in [6, 6.07) is 1.45. The van der Waals surface area contributed by atoms with Crippen LogP contribution in [0.4, 0.5) is 19.7 Å². The van der Waals surface area contributed by atoms with Crippen molar-refractivity contribution < 1.29 is 8.78 Å². The summed E-state index contributed by atoms with van der Waals surface area (Å²) in [6.07, 6.45) is 1.85. The van der Waals surface area contributed by atoms with Crippen LogP contribution in [0, 0.1) is 0 Å². The van der Waals surface area contributed by atoms with Gasteiger partial charge in [0.1, 0.15) is 23.2 Å². The zero-order valence-electron chi connectivity index (χ0n) is 14.3. The van der Waals surface area contributed by atoms with Crippen LogP contribution in [0.5, 0.6) is 0 Å².